The number of nitrogens with two attached hydrogens (primary N) is 1. The van der Waals surface area contributed by atoms with Crippen molar-refractivity contribution in [1.82, 2.24) is 4.57 Å². The molecule has 0 aliphatic carbocycles. The van der Waals surface area contributed by atoms with Crippen molar-refractivity contribution in [2.75, 3.05) is 5.73 Å². The summed E-state index contributed by atoms with van der Waals surface area (Å²) in [6.07, 6.45) is 1.51. The summed E-state index contributed by atoms with van der Waals surface area (Å²) in [6, 6.07) is 7.23. The standard InChI is InChI=1S/C11H8ClFN2O/c12-8-2-1-5-15(11(8)16)7-3-4-10(14)9(13)6-7/h1-6H,14H2. The lowest BCUT2D eigenvalue weighted by atomic mass is 10.2. The van der Waals surface area contributed by atoms with Crippen LogP contribution in [-0.4, -0.2) is 4.57 Å². The van der Waals surface area contributed by atoms with Gasteiger partial charge in [0.25, 0.3) is 5.56 Å². The molecule has 2 rings (SSSR count). The van der Waals surface area contributed by atoms with Crippen LogP contribution < -0.4 is 11.3 Å². The van der Waals surface area contributed by atoms with Gasteiger partial charge in [-0.2, -0.15) is 0 Å². The Balaban J connectivity index is 2.64. The lowest BCUT2D eigenvalue weighted by molar-refractivity contribution is 0.631. The van der Waals surface area contributed by atoms with Crippen molar-refractivity contribution >= 4 is 17.3 Å². The monoisotopic (exact) mass is 238 g/mol. The third-order valence-electron chi connectivity index (χ3n) is 2.16. The number of aromatic nitrogens is 1. The fourth-order valence-electron chi connectivity index (χ4n) is 1.34. The van der Waals surface area contributed by atoms with Crippen LogP contribution in [0, 0.1) is 5.82 Å². The molecule has 1 heterocycles. The molecule has 0 aliphatic heterocycles. The Hall–Kier alpha value is -1.81. The van der Waals surface area contributed by atoms with Gasteiger partial charge in [-0.05, 0) is 24.3 Å². The second kappa shape index (κ2) is 3.98. The molecule has 16 heavy (non-hydrogen) atoms. The number of hydrogen-bond acceptors (Lipinski definition) is 2. The molecule has 0 aliphatic rings. The first kappa shape index (κ1) is 10.7. The molecule has 0 bridgehead atoms. The molecule has 0 fully saturated rings. The molecule has 5 heteroatoms. The van der Waals surface area contributed by atoms with Crippen LogP contribution in [0.3, 0.4) is 0 Å². The number of benzene rings is 1. The number of anilines is 1. The summed E-state index contributed by atoms with van der Waals surface area (Å²) >= 11 is 5.68. The maximum Gasteiger partial charge on any atom is 0.273 e. The summed E-state index contributed by atoms with van der Waals surface area (Å²) in [5.74, 6) is -0.565. The molecule has 1 aromatic heterocycles. The van der Waals surface area contributed by atoms with Gasteiger partial charge in [0.2, 0.25) is 0 Å². The molecule has 0 saturated carbocycles. The number of hydrogen-bond donors (Lipinski definition) is 1. The molecule has 82 valence electrons. The van der Waals surface area contributed by atoms with E-state index in [9.17, 15) is 9.18 Å². The van der Waals surface area contributed by atoms with Crippen molar-refractivity contribution in [3.05, 3.63) is 57.7 Å². The van der Waals surface area contributed by atoms with Crippen molar-refractivity contribution in [2.45, 2.75) is 0 Å². The molecule has 2 N–H and O–H groups in total. The van der Waals surface area contributed by atoms with E-state index in [2.05, 4.69) is 0 Å². The zero-order chi connectivity index (χ0) is 11.7. The van der Waals surface area contributed by atoms with Crippen LogP contribution in [0.1, 0.15) is 0 Å². The summed E-state index contributed by atoms with van der Waals surface area (Å²) in [5.41, 5.74) is 5.38. The highest BCUT2D eigenvalue weighted by atomic mass is 35.5. The molecular formula is C11H8ClFN2O. The first-order chi connectivity index (χ1) is 7.59. The van der Waals surface area contributed by atoms with Crippen molar-refractivity contribution in [3.8, 4) is 5.69 Å². The van der Waals surface area contributed by atoms with Crippen LogP contribution in [0.2, 0.25) is 5.02 Å². The average Bonchev–Trinajstić information content (AvgIpc) is 2.26. The van der Waals surface area contributed by atoms with Crippen molar-refractivity contribution in [2.24, 2.45) is 0 Å². The number of rotatable bonds is 1. The number of nitrogens with zero attached hydrogens (tertiary/aromatic N) is 1. The number of halogens is 2. The summed E-state index contributed by atoms with van der Waals surface area (Å²) in [4.78, 5) is 11.6. The van der Waals surface area contributed by atoms with E-state index in [1.54, 1.807) is 12.1 Å². The normalized spacial score (nSPS) is 10.4. The Kier molecular flexibility index (Phi) is 2.66. The highest BCUT2D eigenvalue weighted by Crippen LogP contribution is 2.14. The average molecular weight is 239 g/mol. The van der Waals surface area contributed by atoms with E-state index in [0.29, 0.717) is 5.69 Å². The molecule has 0 amide bonds. The van der Waals surface area contributed by atoms with E-state index in [0.717, 1.165) is 0 Å². The van der Waals surface area contributed by atoms with E-state index in [1.165, 1.54) is 29.0 Å². The third kappa shape index (κ3) is 1.79. The van der Waals surface area contributed by atoms with Gasteiger partial charge in [0.15, 0.2) is 0 Å². The molecule has 0 unspecified atom stereocenters. The van der Waals surface area contributed by atoms with Gasteiger partial charge in [0, 0.05) is 12.3 Å². The van der Waals surface area contributed by atoms with Crippen molar-refractivity contribution < 1.29 is 4.39 Å². The zero-order valence-electron chi connectivity index (χ0n) is 8.15. The molecule has 3 nitrogen and oxygen atoms in total. The summed E-state index contributed by atoms with van der Waals surface area (Å²) < 4.78 is 14.5. The summed E-state index contributed by atoms with van der Waals surface area (Å²) in [7, 11) is 0. The van der Waals surface area contributed by atoms with Gasteiger partial charge in [0.1, 0.15) is 10.8 Å². The highest BCUT2D eigenvalue weighted by Gasteiger charge is 2.05. The minimum absolute atomic E-state index is 0.0406. The fourth-order valence-corrected chi connectivity index (χ4v) is 1.50. The predicted octanol–water partition coefficient (Wildman–Crippen LogP) is 2.21. The fraction of sp³-hybridized carbons (Fsp3) is 0. The molecule has 2 aromatic rings. The Bertz CT molecular complexity index is 595. The lowest BCUT2D eigenvalue weighted by Gasteiger charge is -2.06. The minimum atomic E-state index is -0.565. The van der Waals surface area contributed by atoms with Crippen LogP contribution in [0.5, 0.6) is 0 Å². The molecule has 0 saturated heterocycles. The number of pyridine rings is 1. The quantitative estimate of drug-likeness (QED) is 0.775. The van der Waals surface area contributed by atoms with Crippen LogP contribution in [0.15, 0.2) is 41.3 Å². The van der Waals surface area contributed by atoms with Crippen LogP contribution >= 0.6 is 11.6 Å². The van der Waals surface area contributed by atoms with Crippen LogP contribution in [0.4, 0.5) is 10.1 Å². The molecule has 0 radical (unpaired) electrons. The van der Waals surface area contributed by atoms with E-state index < -0.39 is 11.4 Å². The summed E-state index contributed by atoms with van der Waals surface area (Å²) in [5, 5.41) is 0.0831. The second-order valence-electron chi connectivity index (χ2n) is 3.24. The predicted molar refractivity (Wildman–Crippen MR) is 61.4 cm³/mol. The Morgan fingerprint density at radius 1 is 1.31 bits per heavy atom. The Morgan fingerprint density at radius 3 is 2.75 bits per heavy atom. The van der Waals surface area contributed by atoms with E-state index >= 15 is 0 Å². The van der Waals surface area contributed by atoms with Gasteiger partial charge in [0.05, 0.1) is 11.4 Å². The van der Waals surface area contributed by atoms with E-state index in [1.807, 2.05) is 0 Å². The first-order valence-corrected chi connectivity index (χ1v) is 4.90. The van der Waals surface area contributed by atoms with Gasteiger partial charge >= 0.3 is 0 Å². The topological polar surface area (TPSA) is 48.0 Å². The van der Waals surface area contributed by atoms with Gasteiger partial charge in [-0.1, -0.05) is 11.6 Å². The third-order valence-corrected chi connectivity index (χ3v) is 2.45. The SMILES string of the molecule is Nc1ccc(-n2cccc(Cl)c2=O)cc1F. The second-order valence-corrected chi connectivity index (χ2v) is 3.64. The van der Waals surface area contributed by atoms with E-state index in [-0.39, 0.29) is 10.7 Å². The summed E-state index contributed by atoms with van der Waals surface area (Å²) in [6.45, 7) is 0. The minimum Gasteiger partial charge on any atom is -0.396 e. The largest absolute Gasteiger partial charge is 0.396 e. The zero-order valence-corrected chi connectivity index (χ0v) is 8.91. The lowest BCUT2D eigenvalue weighted by Crippen LogP contribution is -2.17. The first-order valence-electron chi connectivity index (χ1n) is 4.52. The maximum absolute atomic E-state index is 13.2. The molecule has 1 aromatic carbocycles. The van der Waals surface area contributed by atoms with Crippen LogP contribution in [0.25, 0.3) is 5.69 Å². The van der Waals surface area contributed by atoms with Crippen molar-refractivity contribution in [3.63, 3.8) is 0 Å². The van der Waals surface area contributed by atoms with Gasteiger partial charge in [-0.25, -0.2) is 4.39 Å². The molecular weight excluding hydrogens is 231 g/mol. The molecule has 0 atom stereocenters. The van der Waals surface area contributed by atoms with Gasteiger partial charge in [-0.15, -0.1) is 0 Å². The van der Waals surface area contributed by atoms with Crippen LogP contribution in [-0.2, 0) is 0 Å². The smallest absolute Gasteiger partial charge is 0.273 e. The van der Waals surface area contributed by atoms with Gasteiger partial charge in [-0.3, -0.25) is 9.36 Å². The van der Waals surface area contributed by atoms with Crippen molar-refractivity contribution in [1.29, 1.82) is 0 Å². The molecule has 0 spiro atoms. The van der Waals surface area contributed by atoms with Gasteiger partial charge < -0.3 is 5.73 Å². The highest BCUT2D eigenvalue weighted by molar-refractivity contribution is 6.30. The Labute approximate surface area is 95.9 Å². The Morgan fingerprint density at radius 2 is 2.06 bits per heavy atom. The number of nitrogen functional groups attached to an aromatic ring is 1. The van der Waals surface area contributed by atoms with E-state index in [4.69, 9.17) is 17.3 Å². The maximum atomic E-state index is 13.2.